The highest BCUT2D eigenvalue weighted by atomic mass is 16.5. The third-order valence-corrected chi connectivity index (χ3v) is 4.47. The Morgan fingerprint density at radius 3 is 2.37 bits per heavy atom. The minimum Gasteiger partial charge on any atom is -0.493 e. The number of rotatable bonds is 6. The van der Waals surface area contributed by atoms with E-state index in [2.05, 4.69) is 25.6 Å². The van der Waals surface area contributed by atoms with Crippen LogP contribution in [0.25, 0.3) is 10.9 Å². The van der Waals surface area contributed by atoms with Crippen LogP contribution in [0.4, 0.5) is 17.2 Å². The number of nitrogens with zero attached hydrogens (tertiary/aromatic N) is 3. The fraction of sp³-hybridized carbons (Fsp3) is 0.0909. The zero-order valence-corrected chi connectivity index (χ0v) is 16.4. The minimum atomic E-state index is -0.216. The van der Waals surface area contributed by atoms with Crippen LogP contribution in [0.15, 0.2) is 67.3 Å². The number of methoxy groups -OCH3 is 2. The van der Waals surface area contributed by atoms with Crippen molar-refractivity contribution in [3.05, 3.63) is 72.8 Å². The molecule has 2 N–H and O–H groups in total. The summed E-state index contributed by atoms with van der Waals surface area (Å²) in [5.41, 5.74) is 2.71. The second-order valence-electron chi connectivity index (χ2n) is 6.34. The van der Waals surface area contributed by atoms with E-state index in [1.807, 2.05) is 30.3 Å². The van der Waals surface area contributed by atoms with Gasteiger partial charge in [0.1, 0.15) is 12.1 Å². The number of carbonyl (C=O) groups excluding carboxylic acids is 1. The Bertz CT molecular complexity index is 1180. The number of amides is 1. The number of anilines is 3. The van der Waals surface area contributed by atoms with Crippen molar-refractivity contribution in [1.82, 2.24) is 15.0 Å². The first-order valence-electron chi connectivity index (χ1n) is 9.13. The summed E-state index contributed by atoms with van der Waals surface area (Å²) in [5.74, 6) is 1.61. The summed E-state index contributed by atoms with van der Waals surface area (Å²) in [6.45, 7) is 0. The van der Waals surface area contributed by atoms with Crippen molar-refractivity contribution in [1.29, 1.82) is 0 Å². The molecule has 150 valence electrons. The Kier molecular flexibility index (Phi) is 5.38. The highest BCUT2D eigenvalue weighted by molar-refractivity contribution is 6.04. The molecular weight excluding hydrogens is 382 g/mol. The van der Waals surface area contributed by atoms with E-state index in [1.54, 1.807) is 38.6 Å². The molecule has 30 heavy (non-hydrogen) atoms. The first-order chi connectivity index (χ1) is 14.7. The molecule has 0 saturated heterocycles. The lowest BCUT2D eigenvalue weighted by atomic mass is 10.2. The molecule has 0 aliphatic rings. The number of ether oxygens (including phenoxy) is 2. The minimum absolute atomic E-state index is 0.216. The van der Waals surface area contributed by atoms with Crippen molar-refractivity contribution in [3.63, 3.8) is 0 Å². The second kappa shape index (κ2) is 8.44. The third kappa shape index (κ3) is 3.97. The van der Waals surface area contributed by atoms with E-state index >= 15 is 0 Å². The summed E-state index contributed by atoms with van der Waals surface area (Å²) in [6, 6.07) is 14.4. The van der Waals surface area contributed by atoms with Crippen LogP contribution in [0.2, 0.25) is 0 Å². The Morgan fingerprint density at radius 2 is 1.67 bits per heavy atom. The molecule has 0 unspecified atom stereocenters. The van der Waals surface area contributed by atoms with Crippen LogP contribution in [0.1, 0.15) is 10.4 Å². The Morgan fingerprint density at radius 1 is 0.933 bits per heavy atom. The Balaban J connectivity index is 1.55. The van der Waals surface area contributed by atoms with E-state index in [0.717, 1.165) is 16.6 Å². The molecule has 1 amide bonds. The number of pyridine rings is 1. The number of hydrogen-bond donors (Lipinski definition) is 2. The van der Waals surface area contributed by atoms with Crippen LogP contribution >= 0.6 is 0 Å². The highest BCUT2D eigenvalue weighted by Crippen LogP contribution is 2.34. The topological polar surface area (TPSA) is 98.3 Å². The summed E-state index contributed by atoms with van der Waals surface area (Å²) in [6.07, 6.45) is 4.63. The molecule has 0 aliphatic carbocycles. The molecule has 0 bridgehead atoms. The number of carbonyl (C=O) groups is 1. The highest BCUT2D eigenvalue weighted by Gasteiger charge is 2.11. The van der Waals surface area contributed by atoms with Gasteiger partial charge in [0.15, 0.2) is 11.5 Å². The largest absolute Gasteiger partial charge is 0.493 e. The van der Waals surface area contributed by atoms with E-state index in [1.165, 1.54) is 12.5 Å². The van der Waals surface area contributed by atoms with Crippen LogP contribution in [0.5, 0.6) is 11.5 Å². The average molecular weight is 401 g/mol. The van der Waals surface area contributed by atoms with Gasteiger partial charge in [-0.1, -0.05) is 0 Å². The lowest BCUT2D eigenvalue weighted by Gasteiger charge is -2.12. The van der Waals surface area contributed by atoms with Crippen molar-refractivity contribution in [2.24, 2.45) is 0 Å². The molecule has 0 radical (unpaired) electrons. The second-order valence-corrected chi connectivity index (χ2v) is 6.34. The van der Waals surface area contributed by atoms with Gasteiger partial charge in [0.25, 0.3) is 5.91 Å². The van der Waals surface area contributed by atoms with Gasteiger partial charge in [0.2, 0.25) is 0 Å². The summed E-state index contributed by atoms with van der Waals surface area (Å²) in [5, 5.41) is 6.92. The molecule has 0 spiro atoms. The quantitative estimate of drug-likeness (QED) is 0.503. The average Bonchev–Trinajstić information content (AvgIpc) is 2.80. The predicted molar refractivity (Wildman–Crippen MR) is 115 cm³/mol. The molecule has 8 heteroatoms. The fourth-order valence-electron chi connectivity index (χ4n) is 2.96. The van der Waals surface area contributed by atoms with Crippen LogP contribution in [-0.2, 0) is 0 Å². The van der Waals surface area contributed by atoms with E-state index < -0.39 is 0 Å². The molecule has 2 aromatic heterocycles. The first-order valence-corrected chi connectivity index (χ1v) is 9.13. The van der Waals surface area contributed by atoms with Gasteiger partial charge in [-0.15, -0.1) is 0 Å². The lowest BCUT2D eigenvalue weighted by Crippen LogP contribution is -2.11. The molecule has 0 atom stereocenters. The van der Waals surface area contributed by atoms with Gasteiger partial charge in [0.05, 0.1) is 25.3 Å². The third-order valence-electron chi connectivity index (χ3n) is 4.47. The molecule has 0 fully saturated rings. The summed E-state index contributed by atoms with van der Waals surface area (Å²) in [4.78, 5) is 24.9. The smallest absolute Gasteiger partial charge is 0.257 e. The summed E-state index contributed by atoms with van der Waals surface area (Å²) < 4.78 is 10.7. The number of fused-ring (bicyclic) bond motifs is 1. The van der Waals surface area contributed by atoms with Crippen LogP contribution in [0.3, 0.4) is 0 Å². The number of benzene rings is 2. The molecule has 8 nitrogen and oxygen atoms in total. The molecule has 4 rings (SSSR count). The van der Waals surface area contributed by atoms with E-state index in [0.29, 0.717) is 28.6 Å². The maximum absolute atomic E-state index is 12.2. The van der Waals surface area contributed by atoms with Gasteiger partial charge in [-0.2, -0.15) is 0 Å². The predicted octanol–water partition coefficient (Wildman–Crippen LogP) is 4.04. The monoisotopic (exact) mass is 401 g/mol. The van der Waals surface area contributed by atoms with E-state index in [-0.39, 0.29) is 5.91 Å². The number of nitrogens with one attached hydrogen (secondary N) is 2. The van der Waals surface area contributed by atoms with Crippen molar-refractivity contribution in [2.45, 2.75) is 0 Å². The standard InChI is InChI=1S/C22H19N5O3/c1-29-19-10-17-18(11-20(19)30-2)24-13-25-21(17)26-15-5-7-16(8-6-15)27-22(28)14-4-3-9-23-12-14/h3-13H,1-2H3,(H,27,28)(H,24,25,26). The van der Waals surface area contributed by atoms with Gasteiger partial charge in [-0.25, -0.2) is 9.97 Å². The van der Waals surface area contributed by atoms with E-state index in [4.69, 9.17) is 9.47 Å². The van der Waals surface area contributed by atoms with E-state index in [9.17, 15) is 4.79 Å². The van der Waals surface area contributed by atoms with Crippen molar-refractivity contribution in [3.8, 4) is 11.5 Å². The van der Waals surface area contributed by atoms with Crippen LogP contribution < -0.4 is 20.1 Å². The van der Waals surface area contributed by atoms with Gasteiger partial charge < -0.3 is 20.1 Å². The maximum Gasteiger partial charge on any atom is 0.257 e. The Hall–Kier alpha value is -4.20. The zero-order valence-electron chi connectivity index (χ0n) is 16.4. The van der Waals surface area contributed by atoms with Gasteiger partial charge in [-0.05, 0) is 42.5 Å². The lowest BCUT2D eigenvalue weighted by molar-refractivity contribution is 0.102. The molecule has 4 aromatic rings. The first kappa shape index (κ1) is 19.1. The number of aromatic nitrogens is 3. The number of hydrogen-bond acceptors (Lipinski definition) is 7. The normalized spacial score (nSPS) is 10.5. The van der Waals surface area contributed by atoms with Crippen molar-refractivity contribution in [2.75, 3.05) is 24.9 Å². The van der Waals surface area contributed by atoms with Gasteiger partial charge >= 0.3 is 0 Å². The summed E-state index contributed by atoms with van der Waals surface area (Å²) in [7, 11) is 3.16. The molecular formula is C22H19N5O3. The van der Waals surface area contributed by atoms with Crippen LogP contribution in [0, 0.1) is 0 Å². The zero-order chi connectivity index (χ0) is 20.9. The molecule has 0 saturated carbocycles. The van der Waals surface area contributed by atoms with Crippen molar-refractivity contribution < 1.29 is 14.3 Å². The fourth-order valence-corrected chi connectivity index (χ4v) is 2.96. The summed E-state index contributed by atoms with van der Waals surface area (Å²) >= 11 is 0. The van der Waals surface area contributed by atoms with Crippen molar-refractivity contribution >= 4 is 34.0 Å². The SMILES string of the molecule is COc1cc2ncnc(Nc3ccc(NC(=O)c4cccnc4)cc3)c2cc1OC. The van der Waals surface area contributed by atoms with Gasteiger partial charge in [-0.3, -0.25) is 9.78 Å². The van der Waals surface area contributed by atoms with Gasteiger partial charge in [0, 0.05) is 35.2 Å². The molecule has 0 aliphatic heterocycles. The molecule has 2 aromatic carbocycles. The Labute approximate surface area is 172 Å². The van der Waals surface area contributed by atoms with Crippen LogP contribution in [-0.4, -0.2) is 35.1 Å². The maximum atomic E-state index is 12.2. The molecule has 2 heterocycles.